The molecule has 0 aromatic heterocycles. The Morgan fingerprint density at radius 2 is 1.86 bits per heavy atom. The Morgan fingerprint density at radius 1 is 1.18 bits per heavy atom. The van der Waals surface area contributed by atoms with E-state index in [1.54, 1.807) is 54.3 Å². The third kappa shape index (κ3) is 2.46. The molecule has 2 aromatic rings. The number of nitrogens with zero attached hydrogens (tertiary/aromatic N) is 1. The second kappa shape index (κ2) is 5.46. The van der Waals surface area contributed by atoms with Crippen LogP contribution in [-0.4, -0.2) is 17.8 Å². The highest BCUT2D eigenvalue weighted by molar-refractivity contribution is 6.31. The largest absolute Gasteiger partial charge is 0.479 e. The molecule has 112 valence electrons. The highest BCUT2D eigenvalue weighted by Crippen LogP contribution is 2.40. The maximum absolute atomic E-state index is 12.5. The van der Waals surface area contributed by atoms with E-state index >= 15 is 0 Å². The first kappa shape index (κ1) is 14.6. The van der Waals surface area contributed by atoms with Crippen LogP contribution in [0.25, 0.3) is 0 Å². The Morgan fingerprint density at radius 3 is 2.50 bits per heavy atom. The van der Waals surface area contributed by atoms with Crippen LogP contribution < -0.4 is 9.64 Å². The zero-order chi connectivity index (χ0) is 15.9. The minimum atomic E-state index is -0.599. The molecule has 4 nitrogen and oxygen atoms in total. The number of hydrogen-bond donors (Lipinski definition) is 0. The maximum Gasteiger partial charge on any atom is 0.272 e. The summed E-state index contributed by atoms with van der Waals surface area (Å²) in [6, 6.07) is 12.1. The van der Waals surface area contributed by atoms with Crippen molar-refractivity contribution < 1.29 is 14.3 Å². The molecule has 1 aliphatic rings. The van der Waals surface area contributed by atoms with Gasteiger partial charge in [-0.2, -0.15) is 0 Å². The van der Waals surface area contributed by atoms with Gasteiger partial charge in [0.15, 0.2) is 11.9 Å². The highest BCUT2D eigenvalue weighted by atomic mass is 35.5. The topological polar surface area (TPSA) is 46.6 Å². The lowest BCUT2D eigenvalue weighted by atomic mass is 10.1. The van der Waals surface area contributed by atoms with E-state index in [1.807, 2.05) is 0 Å². The summed E-state index contributed by atoms with van der Waals surface area (Å²) in [5.41, 5.74) is 1.94. The van der Waals surface area contributed by atoms with Crippen LogP contribution in [0.2, 0.25) is 5.02 Å². The van der Waals surface area contributed by atoms with E-state index in [0.717, 1.165) is 0 Å². The summed E-state index contributed by atoms with van der Waals surface area (Å²) in [6.07, 6.45) is -0.599. The molecule has 0 saturated carbocycles. The van der Waals surface area contributed by atoms with Crippen LogP contribution in [0.3, 0.4) is 0 Å². The third-order valence-corrected chi connectivity index (χ3v) is 3.80. The number of halogens is 1. The third-order valence-electron chi connectivity index (χ3n) is 3.57. The molecule has 1 heterocycles. The number of rotatable bonds is 2. The molecule has 0 aliphatic carbocycles. The van der Waals surface area contributed by atoms with Crippen molar-refractivity contribution in [2.75, 3.05) is 4.90 Å². The first-order chi connectivity index (χ1) is 10.5. The number of fused-ring (bicyclic) bond motifs is 1. The van der Waals surface area contributed by atoms with Crippen molar-refractivity contribution in [3.8, 4) is 5.75 Å². The number of carbonyl (C=O) groups is 2. The molecule has 22 heavy (non-hydrogen) atoms. The van der Waals surface area contributed by atoms with Gasteiger partial charge in [-0.3, -0.25) is 14.5 Å². The van der Waals surface area contributed by atoms with Gasteiger partial charge in [-0.15, -0.1) is 0 Å². The van der Waals surface area contributed by atoms with E-state index in [2.05, 4.69) is 0 Å². The zero-order valence-corrected chi connectivity index (χ0v) is 12.9. The lowest BCUT2D eigenvalue weighted by molar-refractivity contribution is -0.124. The summed E-state index contributed by atoms with van der Waals surface area (Å²) in [5, 5.41) is 0.548. The van der Waals surface area contributed by atoms with E-state index < -0.39 is 6.10 Å². The normalized spacial score (nSPS) is 17.0. The molecule has 0 radical (unpaired) electrons. The fraction of sp³-hybridized carbons (Fsp3) is 0.176. The number of ether oxygens (including phenoxy) is 1. The Hall–Kier alpha value is -2.33. The average molecular weight is 316 g/mol. The highest BCUT2D eigenvalue weighted by Gasteiger charge is 2.32. The van der Waals surface area contributed by atoms with Crippen LogP contribution in [0, 0.1) is 0 Å². The fourth-order valence-corrected chi connectivity index (χ4v) is 2.58. The fourth-order valence-electron chi connectivity index (χ4n) is 2.42. The number of anilines is 2. The van der Waals surface area contributed by atoms with Crippen molar-refractivity contribution >= 4 is 34.7 Å². The predicted octanol–water partition coefficient (Wildman–Crippen LogP) is 3.99. The minimum Gasteiger partial charge on any atom is -0.479 e. The Kier molecular flexibility index (Phi) is 3.62. The number of hydrogen-bond acceptors (Lipinski definition) is 3. The van der Waals surface area contributed by atoms with Gasteiger partial charge in [0.05, 0.1) is 5.69 Å². The van der Waals surface area contributed by atoms with Gasteiger partial charge >= 0.3 is 0 Å². The molecule has 0 saturated heterocycles. The van der Waals surface area contributed by atoms with Gasteiger partial charge in [0.1, 0.15) is 5.75 Å². The van der Waals surface area contributed by atoms with Gasteiger partial charge in [0.25, 0.3) is 5.91 Å². The molecule has 2 aromatic carbocycles. The molecule has 0 fully saturated rings. The van der Waals surface area contributed by atoms with Crippen molar-refractivity contribution in [3.05, 3.63) is 53.1 Å². The summed E-state index contributed by atoms with van der Waals surface area (Å²) in [6.45, 7) is 3.21. The second-order valence-electron chi connectivity index (χ2n) is 5.15. The molecular weight excluding hydrogens is 302 g/mol. The standard InChI is InChI=1S/C17H14ClNO3/c1-10(20)12-3-6-14(7-4-12)19-15-8-5-13(18)9-16(15)22-11(2)17(19)21/h3-9,11H,1-2H3. The molecule has 5 heteroatoms. The van der Waals surface area contributed by atoms with Crippen molar-refractivity contribution in [3.63, 3.8) is 0 Å². The zero-order valence-electron chi connectivity index (χ0n) is 12.2. The van der Waals surface area contributed by atoms with Crippen LogP contribution in [0.5, 0.6) is 5.75 Å². The quantitative estimate of drug-likeness (QED) is 0.787. The molecule has 1 atom stereocenters. The molecule has 1 unspecified atom stereocenters. The number of carbonyl (C=O) groups excluding carboxylic acids is 2. The minimum absolute atomic E-state index is 0.0135. The average Bonchev–Trinajstić information content (AvgIpc) is 2.49. The first-order valence-electron chi connectivity index (χ1n) is 6.88. The molecule has 1 amide bonds. The summed E-state index contributed by atoms with van der Waals surface area (Å²) in [7, 11) is 0. The number of ketones is 1. The van der Waals surface area contributed by atoms with Gasteiger partial charge < -0.3 is 4.74 Å². The predicted molar refractivity (Wildman–Crippen MR) is 85.1 cm³/mol. The Bertz CT molecular complexity index is 755. The van der Waals surface area contributed by atoms with Crippen LogP contribution in [0.1, 0.15) is 24.2 Å². The number of amides is 1. The number of Topliss-reactive ketones (excluding diaryl/α,β-unsaturated/α-hetero) is 1. The lowest BCUT2D eigenvalue weighted by Gasteiger charge is -2.33. The Labute approximate surface area is 133 Å². The van der Waals surface area contributed by atoms with Crippen LogP contribution in [0.15, 0.2) is 42.5 Å². The second-order valence-corrected chi connectivity index (χ2v) is 5.59. The smallest absolute Gasteiger partial charge is 0.272 e. The van der Waals surface area contributed by atoms with Gasteiger partial charge in [-0.05, 0) is 50.2 Å². The van der Waals surface area contributed by atoms with Gasteiger partial charge in [-0.1, -0.05) is 11.6 Å². The monoisotopic (exact) mass is 315 g/mol. The maximum atomic E-state index is 12.5. The summed E-state index contributed by atoms with van der Waals surface area (Å²) in [4.78, 5) is 25.5. The van der Waals surface area contributed by atoms with Gasteiger partial charge in [0.2, 0.25) is 0 Å². The molecule has 0 bridgehead atoms. The van der Waals surface area contributed by atoms with Crippen LogP contribution in [0.4, 0.5) is 11.4 Å². The SMILES string of the molecule is CC(=O)c1ccc(N2C(=O)C(C)Oc3cc(Cl)ccc32)cc1. The molecule has 0 N–H and O–H groups in total. The first-order valence-corrected chi connectivity index (χ1v) is 7.26. The summed E-state index contributed by atoms with van der Waals surface area (Å²) >= 11 is 5.99. The van der Waals surface area contributed by atoms with E-state index in [-0.39, 0.29) is 11.7 Å². The number of benzene rings is 2. The van der Waals surface area contributed by atoms with E-state index in [4.69, 9.17) is 16.3 Å². The molecule has 3 rings (SSSR count). The van der Waals surface area contributed by atoms with Crippen molar-refractivity contribution in [1.82, 2.24) is 0 Å². The summed E-state index contributed by atoms with van der Waals surface area (Å²) in [5.74, 6) is 0.390. The molecular formula is C17H14ClNO3. The Balaban J connectivity index is 2.09. The van der Waals surface area contributed by atoms with Crippen LogP contribution >= 0.6 is 11.6 Å². The van der Waals surface area contributed by atoms with E-state index in [1.165, 1.54) is 6.92 Å². The van der Waals surface area contributed by atoms with Crippen LogP contribution in [-0.2, 0) is 4.79 Å². The van der Waals surface area contributed by atoms with Crippen molar-refractivity contribution in [1.29, 1.82) is 0 Å². The lowest BCUT2D eigenvalue weighted by Crippen LogP contribution is -2.41. The molecule has 1 aliphatic heterocycles. The van der Waals surface area contributed by atoms with Gasteiger partial charge in [0, 0.05) is 22.3 Å². The van der Waals surface area contributed by atoms with Crippen molar-refractivity contribution in [2.24, 2.45) is 0 Å². The van der Waals surface area contributed by atoms with E-state index in [0.29, 0.717) is 27.7 Å². The van der Waals surface area contributed by atoms with Gasteiger partial charge in [-0.25, -0.2) is 0 Å². The summed E-state index contributed by atoms with van der Waals surface area (Å²) < 4.78 is 5.61. The van der Waals surface area contributed by atoms with Crippen molar-refractivity contribution in [2.45, 2.75) is 20.0 Å². The molecule has 0 spiro atoms. The van der Waals surface area contributed by atoms with E-state index in [9.17, 15) is 9.59 Å².